The molecule has 17 heavy (non-hydrogen) atoms. The van der Waals surface area contributed by atoms with Gasteiger partial charge in [-0.05, 0) is 24.6 Å². The first-order valence-corrected chi connectivity index (χ1v) is 5.63. The summed E-state index contributed by atoms with van der Waals surface area (Å²) in [4.78, 5) is 14.9. The molecule has 0 aliphatic carbocycles. The Bertz CT molecular complexity index is 484. The van der Waals surface area contributed by atoms with Gasteiger partial charge in [0.25, 0.3) is 0 Å². The highest BCUT2D eigenvalue weighted by atomic mass is 16.1. The number of aromatic nitrogens is 3. The molecule has 4 heteroatoms. The average Bonchev–Trinajstić information content (AvgIpc) is 2.71. The molecule has 0 N–H and O–H groups in total. The lowest BCUT2D eigenvalue weighted by Gasteiger charge is -2.05. The number of hydrogen-bond donors (Lipinski definition) is 0. The summed E-state index contributed by atoms with van der Waals surface area (Å²) in [5, 5.41) is 4.14. The summed E-state index contributed by atoms with van der Waals surface area (Å²) in [7, 11) is 1.85. The van der Waals surface area contributed by atoms with Gasteiger partial charge in [0.1, 0.15) is 5.69 Å². The highest BCUT2D eigenvalue weighted by Crippen LogP contribution is 2.23. The van der Waals surface area contributed by atoms with Crippen molar-refractivity contribution >= 4 is 6.29 Å². The van der Waals surface area contributed by atoms with Crippen molar-refractivity contribution in [2.24, 2.45) is 7.05 Å². The third-order valence-electron chi connectivity index (χ3n) is 2.33. The van der Waals surface area contributed by atoms with E-state index in [1.165, 1.54) is 0 Å². The molecule has 0 spiro atoms. The number of rotatable bonds is 2. The normalized spacial score (nSPS) is 9.41. The molecule has 0 unspecified atom stereocenters. The van der Waals surface area contributed by atoms with Crippen molar-refractivity contribution in [3.63, 3.8) is 0 Å². The average molecular weight is 231 g/mol. The SMILES string of the molecule is CC.Cc1cnn(C)c1-c1cccnc1C=O. The monoisotopic (exact) mass is 231 g/mol. The Hall–Kier alpha value is -1.97. The van der Waals surface area contributed by atoms with Gasteiger partial charge in [0.2, 0.25) is 0 Å². The minimum atomic E-state index is 0.448. The summed E-state index contributed by atoms with van der Waals surface area (Å²) in [6.45, 7) is 5.96. The maximum Gasteiger partial charge on any atom is 0.169 e. The molecule has 0 radical (unpaired) electrons. The summed E-state index contributed by atoms with van der Waals surface area (Å²) < 4.78 is 1.75. The third-order valence-corrected chi connectivity index (χ3v) is 2.33. The first-order chi connectivity index (χ1) is 8.24. The second-order valence-corrected chi connectivity index (χ2v) is 3.35. The van der Waals surface area contributed by atoms with Crippen molar-refractivity contribution in [2.45, 2.75) is 20.8 Å². The Morgan fingerprint density at radius 2 is 2.06 bits per heavy atom. The van der Waals surface area contributed by atoms with E-state index in [2.05, 4.69) is 10.1 Å². The van der Waals surface area contributed by atoms with Gasteiger partial charge >= 0.3 is 0 Å². The van der Waals surface area contributed by atoms with Gasteiger partial charge in [-0.25, -0.2) is 0 Å². The largest absolute Gasteiger partial charge is 0.296 e. The summed E-state index contributed by atoms with van der Waals surface area (Å²) in [6.07, 6.45) is 4.15. The molecule has 2 aromatic rings. The van der Waals surface area contributed by atoms with Crippen LogP contribution >= 0.6 is 0 Å². The number of nitrogens with zero attached hydrogens (tertiary/aromatic N) is 3. The van der Waals surface area contributed by atoms with E-state index in [0.29, 0.717) is 5.69 Å². The number of carbonyl (C=O) groups excluding carboxylic acids is 1. The van der Waals surface area contributed by atoms with Crippen LogP contribution in [0, 0.1) is 6.92 Å². The van der Waals surface area contributed by atoms with Crippen molar-refractivity contribution in [2.75, 3.05) is 0 Å². The molecule has 0 aliphatic rings. The first-order valence-electron chi connectivity index (χ1n) is 5.63. The minimum absolute atomic E-state index is 0.448. The Balaban J connectivity index is 0.000000686. The molecular formula is C13H17N3O. The maximum absolute atomic E-state index is 10.9. The van der Waals surface area contributed by atoms with Crippen LogP contribution in [0.15, 0.2) is 24.5 Å². The summed E-state index contributed by atoms with van der Waals surface area (Å²) in [5.41, 5.74) is 3.24. The molecule has 0 fully saturated rings. The summed E-state index contributed by atoms with van der Waals surface area (Å²) in [5.74, 6) is 0. The van der Waals surface area contributed by atoms with E-state index in [1.54, 1.807) is 17.1 Å². The van der Waals surface area contributed by atoms with Crippen molar-refractivity contribution in [1.82, 2.24) is 14.8 Å². The Kier molecular flexibility index (Phi) is 4.57. The number of pyridine rings is 1. The zero-order valence-corrected chi connectivity index (χ0v) is 10.6. The molecule has 2 heterocycles. The highest BCUT2D eigenvalue weighted by molar-refractivity contribution is 5.84. The fourth-order valence-electron chi connectivity index (χ4n) is 1.65. The standard InChI is InChI=1S/C11H11N3O.C2H6/c1-8-6-13-14(2)11(8)9-4-3-5-12-10(9)7-15;1-2/h3-7H,1-2H3;1-2H3. The van der Waals surface area contributed by atoms with Crippen LogP contribution in [0.5, 0.6) is 0 Å². The first kappa shape index (κ1) is 13.1. The Morgan fingerprint density at radius 3 is 2.59 bits per heavy atom. The van der Waals surface area contributed by atoms with Gasteiger partial charge in [0.05, 0.1) is 11.9 Å². The molecule has 0 saturated heterocycles. The van der Waals surface area contributed by atoms with E-state index in [4.69, 9.17) is 0 Å². The van der Waals surface area contributed by atoms with Gasteiger partial charge in [-0.15, -0.1) is 0 Å². The molecular weight excluding hydrogens is 214 g/mol. The van der Waals surface area contributed by atoms with Crippen LogP contribution in [0.4, 0.5) is 0 Å². The van der Waals surface area contributed by atoms with Crippen molar-refractivity contribution < 1.29 is 4.79 Å². The summed E-state index contributed by atoms with van der Waals surface area (Å²) in [6, 6.07) is 3.69. The van der Waals surface area contributed by atoms with Gasteiger partial charge in [-0.3, -0.25) is 14.5 Å². The van der Waals surface area contributed by atoms with E-state index in [-0.39, 0.29) is 0 Å². The molecule has 0 aromatic carbocycles. The van der Waals surface area contributed by atoms with Gasteiger partial charge in [-0.2, -0.15) is 5.10 Å². The summed E-state index contributed by atoms with van der Waals surface area (Å²) >= 11 is 0. The van der Waals surface area contributed by atoms with Crippen molar-refractivity contribution in [3.05, 3.63) is 35.8 Å². The van der Waals surface area contributed by atoms with Crippen LogP contribution in [0.25, 0.3) is 11.3 Å². The van der Waals surface area contributed by atoms with Crippen LogP contribution in [-0.4, -0.2) is 21.1 Å². The zero-order chi connectivity index (χ0) is 12.8. The lowest BCUT2D eigenvalue weighted by molar-refractivity contribution is 0.111. The molecule has 2 aromatic heterocycles. The van der Waals surface area contributed by atoms with E-state index < -0.39 is 0 Å². The van der Waals surface area contributed by atoms with E-state index >= 15 is 0 Å². The molecule has 2 rings (SSSR count). The highest BCUT2D eigenvalue weighted by Gasteiger charge is 2.11. The third kappa shape index (κ3) is 2.58. The Labute approximate surface area is 101 Å². The smallest absolute Gasteiger partial charge is 0.169 e. The molecule has 0 atom stereocenters. The van der Waals surface area contributed by atoms with Gasteiger partial charge < -0.3 is 0 Å². The van der Waals surface area contributed by atoms with Crippen LogP contribution in [-0.2, 0) is 7.05 Å². The molecule has 4 nitrogen and oxygen atoms in total. The van der Waals surface area contributed by atoms with Crippen LogP contribution < -0.4 is 0 Å². The molecule has 0 amide bonds. The number of hydrogen-bond acceptors (Lipinski definition) is 3. The van der Waals surface area contributed by atoms with Crippen molar-refractivity contribution in [1.29, 1.82) is 0 Å². The van der Waals surface area contributed by atoms with E-state index in [1.807, 2.05) is 40.0 Å². The molecule has 90 valence electrons. The topological polar surface area (TPSA) is 47.8 Å². The number of aldehydes is 1. The predicted molar refractivity (Wildman–Crippen MR) is 67.9 cm³/mol. The van der Waals surface area contributed by atoms with Crippen LogP contribution in [0.2, 0.25) is 0 Å². The molecule has 0 bridgehead atoms. The van der Waals surface area contributed by atoms with Gasteiger partial charge in [0.15, 0.2) is 6.29 Å². The lowest BCUT2D eigenvalue weighted by Crippen LogP contribution is -1.99. The fraction of sp³-hybridized carbons (Fsp3) is 0.308. The molecule has 0 aliphatic heterocycles. The van der Waals surface area contributed by atoms with Gasteiger partial charge in [-0.1, -0.05) is 13.8 Å². The van der Waals surface area contributed by atoms with E-state index in [0.717, 1.165) is 23.1 Å². The fourth-order valence-corrected chi connectivity index (χ4v) is 1.65. The quantitative estimate of drug-likeness (QED) is 0.746. The molecule has 0 saturated carbocycles. The minimum Gasteiger partial charge on any atom is -0.296 e. The zero-order valence-electron chi connectivity index (χ0n) is 10.6. The van der Waals surface area contributed by atoms with Crippen LogP contribution in [0.3, 0.4) is 0 Å². The number of aryl methyl sites for hydroxylation is 2. The predicted octanol–water partition coefficient (Wildman–Crippen LogP) is 2.63. The van der Waals surface area contributed by atoms with Gasteiger partial charge in [0, 0.05) is 18.8 Å². The second kappa shape index (κ2) is 5.94. The van der Waals surface area contributed by atoms with Crippen molar-refractivity contribution in [3.8, 4) is 11.3 Å². The second-order valence-electron chi connectivity index (χ2n) is 3.35. The Morgan fingerprint density at radius 1 is 1.35 bits per heavy atom. The van der Waals surface area contributed by atoms with Crippen LogP contribution in [0.1, 0.15) is 29.9 Å². The number of carbonyl (C=O) groups is 1. The van der Waals surface area contributed by atoms with E-state index in [9.17, 15) is 4.79 Å². The lowest BCUT2D eigenvalue weighted by atomic mass is 10.1. The maximum atomic E-state index is 10.9.